The molecule has 6 aromatic rings. The molecule has 2 nitrogen and oxygen atoms in total. The largest absolute Gasteiger partial charge is 0.264 e. The summed E-state index contributed by atoms with van der Waals surface area (Å²) in [7, 11) is 0. The van der Waals surface area contributed by atoms with Crippen molar-refractivity contribution in [3.63, 3.8) is 0 Å². The molecule has 0 atom stereocenters. The molecule has 130 valence electrons. The normalized spacial score (nSPS) is 11.6. The molecule has 0 unspecified atom stereocenters. The van der Waals surface area contributed by atoms with Gasteiger partial charge in [0.05, 0.1) is 5.69 Å². The fraction of sp³-hybridized carbons (Fsp3) is 0. The Morgan fingerprint density at radius 1 is 0.536 bits per heavy atom. The third-order valence-corrected chi connectivity index (χ3v) is 5.56. The Morgan fingerprint density at radius 2 is 1.29 bits per heavy atom. The van der Waals surface area contributed by atoms with E-state index in [0.717, 1.165) is 16.8 Å². The van der Waals surface area contributed by atoms with Gasteiger partial charge in [-0.05, 0) is 44.5 Å². The maximum atomic E-state index is 4.78. The van der Waals surface area contributed by atoms with E-state index in [2.05, 4.69) is 77.8 Å². The van der Waals surface area contributed by atoms with Gasteiger partial charge >= 0.3 is 0 Å². The molecule has 0 spiro atoms. The second-order valence-electron chi connectivity index (χ2n) is 7.14. The highest BCUT2D eigenvalue weighted by Gasteiger charge is 2.12. The van der Waals surface area contributed by atoms with Crippen LogP contribution >= 0.6 is 0 Å². The summed E-state index contributed by atoms with van der Waals surface area (Å²) in [4.78, 5) is 8.98. The fourth-order valence-corrected chi connectivity index (χ4v) is 4.22. The highest BCUT2D eigenvalue weighted by atomic mass is 14.7. The topological polar surface area (TPSA) is 25.8 Å². The molecule has 0 fully saturated rings. The molecule has 0 aliphatic carbocycles. The number of aromatic nitrogens is 2. The smallest absolute Gasteiger partial charge is 0.0708 e. The first-order valence-corrected chi connectivity index (χ1v) is 9.42. The van der Waals surface area contributed by atoms with Crippen molar-refractivity contribution in [1.82, 2.24) is 9.97 Å². The summed E-state index contributed by atoms with van der Waals surface area (Å²) in [5, 5.41) is 7.76. The van der Waals surface area contributed by atoms with Gasteiger partial charge in [-0.25, -0.2) is 0 Å². The monoisotopic (exact) mass is 356 g/mol. The molecule has 4 aromatic carbocycles. The molecule has 0 bridgehead atoms. The van der Waals surface area contributed by atoms with Gasteiger partial charge in [-0.1, -0.05) is 66.7 Å². The predicted molar refractivity (Wildman–Crippen MR) is 117 cm³/mol. The zero-order chi connectivity index (χ0) is 18.5. The van der Waals surface area contributed by atoms with Crippen LogP contribution in [0.5, 0.6) is 0 Å². The first-order valence-electron chi connectivity index (χ1n) is 9.42. The molecule has 2 heteroatoms. The lowest BCUT2D eigenvalue weighted by molar-refractivity contribution is 1.30. The zero-order valence-electron chi connectivity index (χ0n) is 15.1. The van der Waals surface area contributed by atoms with E-state index in [1.165, 1.54) is 37.9 Å². The quantitative estimate of drug-likeness (QED) is 0.322. The standard InChI is InChI=1S/C26H16N2/c1-3-17-6-7-19-8-11-22(23-12-9-18(4-1)25(17)26(19)23)24-13-10-21(16-28-24)20-5-2-14-27-15-20/h1-16H. The molecule has 0 radical (unpaired) electrons. The number of pyridine rings is 2. The van der Waals surface area contributed by atoms with Crippen molar-refractivity contribution in [3.8, 4) is 22.4 Å². The lowest BCUT2D eigenvalue weighted by atomic mass is 9.91. The van der Waals surface area contributed by atoms with Crippen LogP contribution in [0, 0.1) is 0 Å². The molecule has 2 aromatic heterocycles. The average Bonchev–Trinajstić information content (AvgIpc) is 2.78. The third-order valence-electron chi connectivity index (χ3n) is 5.56. The number of benzene rings is 4. The van der Waals surface area contributed by atoms with E-state index in [1.807, 2.05) is 18.5 Å². The van der Waals surface area contributed by atoms with E-state index in [0.29, 0.717) is 0 Å². The Labute approximate surface area is 162 Å². The Morgan fingerprint density at radius 3 is 2.04 bits per heavy atom. The number of rotatable bonds is 2. The number of nitrogens with zero attached hydrogens (tertiary/aromatic N) is 2. The molecule has 6 rings (SSSR count). The second kappa shape index (κ2) is 5.86. The van der Waals surface area contributed by atoms with E-state index in [9.17, 15) is 0 Å². The summed E-state index contributed by atoms with van der Waals surface area (Å²) in [6.07, 6.45) is 5.59. The maximum Gasteiger partial charge on any atom is 0.0708 e. The van der Waals surface area contributed by atoms with Gasteiger partial charge in [0, 0.05) is 35.3 Å². The maximum absolute atomic E-state index is 4.78. The van der Waals surface area contributed by atoms with Gasteiger partial charge < -0.3 is 0 Å². The molecular weight excluding hydrogens is 340 g/mol. The molecule has 2 heterocycles. The fourth-order valence-electron chi connectivity index (χ4n) is 4.22. The first-order chi connectivity index (χ1) is 13.9. The van der Waals surface area contributed by atoms with Gasteiger partial charge in [-0.2, -0.15) is 0 Å². The van der Waals surface area contributed by atoms with Crippen LogP contribution in [0.1, 0.15) is 0 Å². The predicted octanol–water partition coefficient (Wildman–Crippen LogP) is 6.71. The van der Waals surface area contributed by atoms with Crippen molar-refractivity contribution < 1.29 is 0 Å². The minimum absolute atomic E-state index is 0.991. The van der Waals surface area contributed by atoms with Crippen LogP contribution in [0.2, 0.25) is 0 Å². The minimum Gasteiger partial charge on any atom is -0.264 e. The second-order valence-corrected chi connectivity index (χ2v) is 7.14. The van der Waals surface area contributed by atoms with E-state index >= 15 is 0 Å². The lowest BCUT2D eigenvalue weighted by Crippen LogP contribution is -1.89. The molecule has 0 saturated carbocycles. The van der Waals surface area contributed by atoms with Crippen molar-refractivity contribution in [1.29, 1.82) is 0 Å². The van der Waals surface area contributed by atoms with Crippen LogP contribution in [0.25, 0.3) is 54.7 Å². The average molecular weight is 356 g/mol. The van der Waals surface area contributed by atoms with E-state index in [1.54, 1.807) is 6.20 Å². The van der Waals surface area contributed by atoms with Crippen molar-refractivity contribution in [2.24, 2.45) is 0 Å². The Kier molecular flexibility index (Phi) is 3.20. The van der Waals surface area contributed by atoms with Gasteiger partial charge in [0.15, 0.2) is 0 Å². The zero-order valence-corrected chi connectivity index (χ0v) is 15.1. The Balaban J connectivity index is 1.58. The SMILES string of the molecule is c1cncc(-c2ccc(-c3ccc4ccc5cccc6ccc3c4c56)nc2)c1. The van der Waals surface area contributed by atoms with Crippen molar-refractivity contribution in [3.05, 3.63) is 97.5 Å². The Hall–Kier alpha value is -3.78. The van der Waals surface area contributed by atoms with Crippen LogP contribution in [0.3, 0.4) is 0 Å². The molecular formula is C26H16N2. The Bertz CT molecular complexity index is 1420. The lowest BCUT2D eigenvalue weighted by Gasteiger charge is -2.14. The number of hydrogen-bond donors (Lipinski definition) is 0. The molecule has 0 aliphatic heterocycles. The summed E-state index contributed by atoms with van der Waals surface area (Å²) in [6, 6.07) is 28.0. The van der Waals surface area contributed by atoms with E-state index in [4.69, 9.17) is 4.98 Å². The molecule has 0 amide bonds. The van der Waals surface area contributed by atoms with Crippen molar-refractivity contribution in [2.75, 3.05) is 0 Å². The van der Waals surface area contributed by atoms with Crippen LogP contribution < -0.4 is 0 Å². The first kappa shape index (κ1) is 15.3. The van der Waals surface area contributed by atoms with E-state index < -0.39 is 0 Å². The van der Waals surface area contributed by atoms with Crippen LogP contribution in [0.4, 0.5) is 0 Å². The van der Waals surface area contributed by atoms with Gasteiger partial charge in [0.2, 0.25) is 0 Å². The molecule has 0 aliphatic rings. The molecule has 0 saturated heterocycles. The van der Waals surface area contributed by atoms with Gasteiger partial charge in [0.25, 0.3) is 0 Å². The summed E-state index contributed by atoms with van der Waals surface area (Å²) < 4.78 is 0. The molecule has 28 heavy (non-hydrogen) atoms. The van der Waals surface area contributed by atoms with Crippen LogP contribution in [-0.4, -0.2) is 9.97 Å². The van der Waals surface area contributed by atoms with E-state index in [-0.39, 0.29) is 0 Å². The summed E-state index contributed by atoms with van der Waals surface area (Å²) in [5.41, 5.74) is 4.32. The van der Waals surface area contributed by atoms with Gasteiger partial charge in [-0.3, -0.25) is 9.97 Å². The third kappa shape index (κ3) is 2.21. The number of hydrogen-bond acceptors (Lipinski definition) is 2. The van der Waals surface area contributed by atoms with Gasteiger partial charge in [0.1, 0.15) is 0 Å². The molecule has 0 N–H and O–H groups in total. The van der Waals surface area contributed by atoms with Gasteiger partial charge in [-0.15, -0.1) is 0 Å². The van der Waals surface area contributed by atoms with Crippen LogP contribution in [0.15, 0.2) is 97.5 Å². The highest BCUT2D eigenvalue weighted by Crippen LogP contribution is 2.38. The van der Waals surface area contributed by atoms with Crippen LogP contribution in [-0.2, 0) is 0 Å². The summed E-state index contributed by atoms with van der Waals surface area (Å²) in [6.45, 7) is 0. The summed E-state index contributed by atoms with van der Waals surface area (Å²) in [5.74, 6) is 0. The highest BCUT2D eigenvalue weighted by molar-refractivity contribution is 6.25. The summed E-state index contributed by atoms with van der Waals surface area (Å²) >= 11 is 0. The van der Waals surface area contributed by atoms with Crippen molar-refractivity contribution >= 4 is 32.3 Å². The minimum atomic E-state index is 0.991. The van der Waals surface area contributed by atoms with Crippen molar-refractivity contribution in [2.45, 2.75) is 0 Å².